The van der Waals surface area contributed by atoms with Crippen molar-refractivity contribution in [3.8, 4) is 67.5 Å². The normalized spacial score (nSPS) is 11.6. The van der Waals surface area contributed by atoms with Gasteiger partial charge in [0, 0.05) is 34.6 Å². The Morgan fingerprint density at radius 2 is 0.750 bits per heavy atom. The van der Waals surface area contributed by atoms with Gasteiger partial charge in [-0.25, -0.2) is 9.97 Å². The molecule has 0 radical (unpaired) electrons. The van der Waals surface area contributed by atoms with E-state index >= 15 is 0 Å². The summed E-state index contributed by atoms with van der Waals surface area (Å²) in [6.07, 6.45) is 3.63. The molecule has 4 heterocycles. The average molecular weight is 561 g/mol. The first-order valence-electron chi connectivity index (χ1n) is 14.7. The highest BCUT2D eigenvalue weighted by molar-refractivity contribution is 6.27. The molecule has 8 aromatic rings. The van der Waals surface area contributed by atoms with Crippen LogP contribution in [0, 0.1) is 0 Å². The Bertz CT molecular complexity index is 2220. The van der Waals surface area contributed by atoms with Crippen LogP contribution in [0.5, 0.6) is 0 Å². The Hall–Kier alpha value is -6.00. The van der Waals surface area contributed by atoms with Gasteiger partial charge in [-0.3, -0.25) is 9.97 Å². The van der Waals surface area contributed by atoms with E-state index in [1.165, 1.54) is 33.0 Å². The van der Waals surface area contributed by atoms with Crippen molar-refractivity contribution in [2.75, 3.05) is 0 Å². The van der Waals surface area contributed by atoms with Crippen molar-refractivity contribution in [3.63, 3.8) is 0 Å². The molecular weight excluding hydrogens is 536 g/mol. The third-order valence-corrected chi connectivity index (χ3v) is 8.52. The van der Waals surface area contributed by atoms with Crippen molar-refractivity contribution in [1.82, 2.24) is 19.9 Å². The molecule has 204 valence electrons. The number of aromatic nitrogens is 4. The molecule has 1 aliphatic carbocycles. The summed E-state index contributed by atoms with van der Waals surface area (Å²) >= 11 is 0. The summed E-state index contributed by atoms with van der Waals surface area (Å²) in [5, 5.41) is 4.77. The maximum Gasteiger partial charge on any atom is 0.0893 e. The lowest BCUT2D eigenvalue weighted by Gasteiger charge is -2.20. The molecule has 0 aliphatic heterocycles. The second-order valence-electron chi connectivity index (χ2n) is 11.0. The van der Waals surface area contributed by atoms with Gasteiger partial charge >= 0.3 is 0 Å². The van der Waals surface area contributed by atoms with Crippen LogP contribution in [0.1, 0.15) is 0 Å². The standard InChI is InChI=1S/C40H24N4/c1-2-14-27-26(13-1)37(34-21-9-19-32(43-34)30-17-3-5-23-41-30)39-28-15-7-11-25-12-8-16-29(36(25)28)40(39)38(27)35-22-10-20-33(44-35)31-18-4-6-24-42-31/h1-24H. The summed E-state index contributed by atoms with van der Waals surface area (Å²) in [4.78, 5) is 19.7. The van der Waals surface area contributed by atoms with Crippen LogP contribution >= 0.6 is 0 Å². The fraction of sp³-hybridized carbons (Fsp3) is 0. The minimum atomic E-state index is 0.850. The second kappa shape index (κ2) is 9.79. The molecule has 0 atom stereocenters. The van der Waals surface area contributed by atoms with E-state index in [0.717, 1.165) is 56.1 Å². The molecule has 44 heavy (non-hydrogen) atoms. The molecule has 9 rings (SSSR count). The SMILES string of the molecule is c1ccc(-c2cccc(-c3c4c(c(-c5cccc(-c6ccccn6)n5)c5ccccc35)-c3cccc5cccc-4c35)n2)nc1. The number of fused-ring (bicyclic) bond motifs is 4. The van der Waals surface area contributed by atoms with Crippen molar-refractivity contribution in [2.45, 2.75) is 0 Å². The maximum atomic E-state index is 5.24. The van der Waals surface area contributed by atoms with Gasteiger partial charge in [-0.15, -0.1) is 0 Å². The van der Waals surface area contributed by atoms with E-state index in [1.54, 1.807) is 0 Å². The molecule has 0 fully saturated rings. The Morgan fingerprint density at radius 3 is 1.23 bits per heavy atom. The molecular formula is C40H24N4. The molecule has 4 aromatic heterocycles. The van der Waals surface area contributed by atoms with Crippen molar-refractivity contribution in [2.24, 2.45) is 0 Å². The van der Waals surface area contributed by atoms with Crippen LogP contribution in [0.15, 0.2) is 146 Å². The lowest BCUT2D eigenvalue weighted by atomic mass is 9.85. The number of rotatable bonds is 4. The zero-order valence-corrected chi connectivity index (χ0v) is 23.6. The van der Waals surface area contributed by atoms with Gasteiger partial charge in [0.25, 0.3) is 0 Å². The van der Waals surface area contributed by atoms with E-state index in [0.29, 0.717) is 0 Å². The topological polar surface area (TPSA) is 51.6 Å². The molecule has 0 unspecified atom stereocenters. The lowest BCUT2D eigenvalue weighted by Crippen LogP contribution is -1.97. The fourth-order valence-corrected chi connectivity index (χ4v) is 6.73. The van der Waals surface area contributed by atoms with E-state index in [4.69, 9.17) is 9.97 Å². The van der Waals surface area contributed by atoms with Gasteiger partial charge in [0.15, 0.2) is 0 Å². The first kappa shape index (κ1) is 24.6. The third-order valence-electron chi connectivity index (χ3n) is 8.52. The Balaban J connectivity index is 1.41. The minimum absolute atomic E-state index is 0.850. The van der Waals surface area contributed by atoms with Crippen LogP contribution in [0.3, 0.4) is 0 Å². The summed E-state index contributed by atoms with van der Waals surface area (Å²) in [7, 11) is 0. The van der Waals surface area contributed by atoms with Crippen LogP contribution in [0.4, 0.5) is 0 Å². The van der Waals surface area contributed by atoms with Gasteiger partial charge in [0.1, 0.15) is 0 Å². The molecule has 0 saturated heterocycles. The average Bonchev–Trinajstić information content (AvgIpc) is 3.43. The zero-order valence-electron chi connectivity index (χ0n) is 23.6. The number of nitrogens with zero attached hydrogens (tertiary/aromatic N) is 4. The van der Waals surface area contributed by atoms with Gasteiger partial charge in [-0.05, 0) is 81.2 Å². The van der Waals surface area contributed by atoms with Crippen molar-refractivity contribution < 1.29 is 0 Å². The smallest absolute Gasteiger partial charge is 0.0893 e. The van der Waals surface area contributed by atoms with Crippen molar-refractivity contribution in [1.29, 1.82) is 0 Å². The van der Waals surface area contributed by atoms with E-state index in [2.05, 4.69) is 94.9 Å². The highest BCUT2D eigenvalue weighted by Gasteiger charge is 2.31. The molecule has 0 amide bonds. The fourth-order valence-electron chi connectivity index (χ4n) is 6.73. The van der Waals surface area contributed by atoms with Gasteiger partial charge in [-0.1, -0.05) is 84.9 Å². The number of pyridine rings is 4. The van der Waals surface area contributed by atoms with Gasteiger partial charge in [-0.2, -0.15) is 0 Å². The van der Waals surface area contributed by atoms with E-state index < -0.39 is 0 Å². The lowest BCUT2D eigenvalue weighted by molar-refractivity contribution is 1.25. The zero-order chi connectivity index (χ0) is 29.0. The molecule has 4 aromatic carbocycles. The van der Waals surface area contributed by atoms with Gasteiger partial charge in [0.05, 0.1) is 34.2 Å². The molecule has 1 aliphatic rings. The van der Waals surface area contributed by atoms with Crippen LogP contribution in [-0.4, -0.2) is 19.9 Å². The molecule has 0 spiro atoms. The molecule has 4 nitrogen and oxygen atoms in total. The largest absolute Gasteiger partial charge is 0.255 e. The summed E-state index contributed by atoms with van der Waals surface area (Å²) in [5.74, 6) is 0. The summed E-state index contributed by atoms with van der Waals surface area (Å²) in [6, 6.07) is 46.3. The van der Waals surface area contributed by atoms with E-state index in [-0.39, 0.29) is 0 Å². The number of hydrogen-bond acceptors (Lipinski definition) is 4. The highest BCUT2D eigenvalue weighted by atomic mass is 14.8. The summed E-state index contributed by atoms with van der Waals surface area (Å²) < 4.78 is 0. The van der Waals surface area contributed by atoms with Crippen LogP contribution in [0.2, 0.25) is 0 Å². The second-order valence-corrected chi connectivity index (χ2v) is 11.0. The highest BCUT2D eigenvalue weighted by Crippen LogP contribution is 2.57. The van der Waals surface area contributed by atoms with Crippen LogP contribution < -0.4 is 0 Å². The first-order chi connectivity index (χ1) is 21.8. The quantitative estimate of drug-likeness (QED) is 0.215. The molecule has 0 saturated carbocycles. The van der Waals surface area contributed by atoms with Gasteiger partial charge < -0.3 is 0 Å². The van der Waals surface area contributed by atoms with Gasteiger partial charge in [0.2, 0.25) is 0 Å². The summed E-state index contributed by atoms with van der Waals surface area (Å²) in [5.41, 5.74) is 12.3. The Morgan fingerprint density at radius 1 is 0.318 bits per heavy atom. The first-order valence-corrected chi connectivity index (χ1v) is 14.7. The Labute approximate surface area is 254 Å². The van der Waals surface area contributed by atoms with Crippen LogP contribution in [0.25, 0.3) is 89.1 Å². The van der Waals surface area contributed by atoms with Crippen molar-refractivity contribution >= 4 is 21.5 Å². The molecule has 4 heteroatoms. The minimum Gasteiger partial charge on any atom is -0.255 e. The predicted molar refractivity (Wildman–Crippen MR) is 179 cm³/mol. The third kappa shape index (κ3) is 3.71. The maximum absolute atomic E-state index is 5.24. The molecule has 0 N–H and O–H groups in total. The predicted octanol–water partition coefficient (Wildman–Crippen LogP) is 9.89. The Kier molecular flexibility index (Phi) is 5.47. The monoisotopic (exact) mass is 560 g/mol. The summed E-state index contributed by atoms with van der Waals surface area (Å²) in [6.45, 7) is 0. The number of benzene rings is 4. The van der Waals surface area contributed by atoms with Crippen LogP contribution in [-0.2, 0) is 0 Å². The molecule has 0 bridgehead atoms. The number of hydrogen-bond donors (Lipinski definition) is 0. The van der Waals surface area contributed by atoms with E-state index in [1.807, 2.05) is 60.9 Å². The van der Waals surface area contributed by atoms with Crippen molar-refractivity contribution in [3.05, 3.63) is 146 Å². The van der Waals surface area contributed by atoms with E-state index in [9.17, 15) is 0 Å².